The summed E-state index contributed by atoms with van der Waals surface area (Å²) in [5, 5.41) is 13.9. The number of hydrogen-bond acceptors (Lipinski definition) is 7. The fourth-order valence-electron chi connectivity index (χ4n) is 3.56. The van der Waals surface area contributed by atoms with Crippen LogP contribution in [0.1, 0.15) is 36.5 Å². The van der Waals surface area contributed by atoms with Gasteiger partial charge in [0, 0.05) is 42.6 Å². The van der Waals surface area contributed by atoms with Gasteiger partial charge in [-0.15, -0.1) is 0 Å². The molecular weight excluding hydrogens is 418 g/mol. The van der Waals surface area contributed by atoms with Gasteiger partial charge in [-0.05, 0) is 31.2 Å². The topological polar surface area (TPSA) is 108 Å². The van der Waals surface area contributed by atoms with Crippen molar-refractivity contribution in [2.75, 3.05) is 0 Å². The van der Waals surface area contributed by atoms with Crippen molar-refractivity contribution in [1.29, 1.82) is 0 Å². The molecule has 164 valence electrons. The molecule has 1 atom stereocenters. The zero-order valence-corrected chi connectivity index (χ0v) is 18.0. The van der Waals surface area contributed by atoms with E-state index in [2.05, 4.69) is 36.9 Å². The van der Waals surface area contributed by atoms with Gasteiger partial charge in [-0.25, -0.2) is 19.9 Å². The summed E-state index contributed by atoms with van der Waals surface area (Å²) in [6, 6.07) is 9.76. The van der Waals surface area contributed by atoms with Crippen molar-refractivity contribution in [2.24, 2.45) is 0 Å². The van der Waals surface area contributed by atoms with Gasteiger partial charge in [0.15, 0.2) is 11.4 Å². The highest BCUT2D eigenvalue weighted by molar-refractivity contribution is 5.68. The van der Waals surface area contributed by atoms with E-state index >= 15 is 0 Å². The summed E-state index contributed by atoms with van der Waals surface area (Å²) in [6.45, 7) is 2.89. The van der Waals surface area contributed by atoms with Crippen molar-refractivity contribution in [3.05, 3.63) is 78.7 Å². The Balaban J connectivity index is 1.21. The average molecular weight is 439 g/mol. The van der Waals surface area contributed by atoms with E-state index in [-0.39, 0.29) is 0 Å². The number of aromatic nitrogens is 7. The monoisotopic (exact) mass is 439 g/mol. The summed E-state index contributed by atoms with van der Waals surface area (Å²) in [5.41, 5.74) is 4.21. The number of benzene rings is 1. The fraction of sp³-hybridized carbons (Fsp3) is 0.208. The van der Waals surface area contributed by atoms with Gasteiger partial charge in [-0.2, -0.15) is 0 Å². The standard InChI is InChI=1S/C24H21N7O2/c1-17(32)24-26-9-11-30(24)14-20-12-22(33-29-20)19-7-5-18(6-8-19)4-2-3-10-31-16-28-23-21(31)13-25-15-27-23/h5-9,11-13,15-17,32H,3,10,14H2,1H3. The molecule has 0 aliphatic heterocycles. The van der Waals surface area contributed by atoms with Crippen LogP contribution >= 0.6 is 0 Å². The lowest BCUT2D eigenvalue weighted by molar-refractivity contribution is 0.184. The lowest BCUT2D eigenvalue weighted by Gasteiger charge is -2.07. The normalized spacial score (nSPS) is 11.9. The molecule has 0 radical (unpaired) electrons. The van der Waals surface area contributed by atoms with E-state index in [1.165, 1.54) is 6.33 Å². The van der Waals surface area contributed by atoms with Crippen LogP contribution in [0, 0.1) is 11.8 Å². The van der Waals surface area contributed by atoms with Crippen LogP contribution in [0.4, 0.5) is 0 Å². The van der Waals surface area contributed by atoms with Gasteiger partial charge >= 0.3 is 0 Å². The number of aliphatic hydroxyl groups is 1. The summed E-state index contributed by atoms with van der Waals surface area (Å²) in [6.07, 6.45) is 8.54. The van der Waals surface area contributed by atoms with E-state index in [4.69, 9.17) is 4.52 Å². The maximum atomic E-state index is 9.80. The third kappa shape index (κ3) is 4.51. The number of nitrogens with zero attached hydrogens (tertiary/aromatic N) is 7. The molecule has 0 spiro atoms. The quantitative estimate of drug-likeness (QED) is 0.405. The molecule has 5 aromatic rings. The number of imidazole rings is 2. The SMILES string of the molecule is CC(O)c1nccn1Cc1cc(-c2ccc(C#CCCn3cnc4ncncc43)cc2)on1. The number of aryl methyl sites for hydroxylation is 1. The minimum atomic E-state index is -0.645. The molecule has 1 aromatic carbocycles. The lowest BCUT2D eigenvalue weighted by Crippen LogP contribution is -2.07. The van der Waals surface area contributed by atoms with Crippen molar-refractivity contribution in [2.45, 2.75) is 32.5 Å². The number of fused-ring (bicyclic) bond motifs is 1. The van der Waals surface area contributed by atoms with Crippen molar-refractivity contribution in [3.63, 3.8) is 0 Å². The van der Waals surface area contributed by atoms with Gasteiger partial charge in [0.25, 0.3) is 0 Å². The van der Waals surface area contributed by atoms with Gasteiger partial charge < -0.3 is 18.8 Å². The second-order valence-corrected chi connectivity index (χ2v) is 7.57. The van der Waals surface area contributed by atoms with Crippen molar-refractivity contribution in [1.82, 2.24) is 34.2 Å². The van der Waals surface area contributed by atoms with Gasteiger partial charge in [0.05, 0.1) is 19.1 Å². The highest BCUT2D eigenvalue weighted by Crippen LogP contribution is 2.22. The van der Waals surface area contributed by atoms with Crippen LogP contribution in [0.3, 0.4) is 0 Å². The van der Waals surface area contributed by atoms with E-state index in [0.29, 0.717) is 30.2 Å². The summed E-state index contributed by atoms with van der Waals surface area (Å²) >= 11 is 0. The van der Waals surface area contributed by atoms with E-state index in [1.54, 1.807) is 25.6 Å². The molecule has 0 bridgehead atoms. The Morgan fingerprint density at radius 3 is 2.85 bits per heavy atom. The maximum absolute atomic E-state index is 9.80. The second kappa shape index (κ2) is 9.06. The molecule has 1 unspecified atom stereocenters. The Labute approximate surface area is 189 Å². The molecule has 9 heteroatoms. The first-order valence-electron chi connectivity index (χ1n) is 10.5. The lowest BCUT2D eigenvalue weighted by atomic mass is 10.1. The smallest absolute Gasteiger partial charge is 0.180 e. The van der Waals surface area contributed by atoms with Crippen LogP contribution in [0.25, 0.3) is 22.5 Å². The minimum Gasteiger partial charge on any atom is -0.385 e. The first kappa shape index (κ1) is 20.6. The third-order valence-electron chi connectivity index (χ3n) is 5.19. The zero-order valence-electron chi connectivity index (χ0n) is 18.0. The van der Waals surface area contributed by atoms with Gasteiger partial charge in [0.1, 0.15) is 29.5 Å². The van der Waals surface area contributed by atoms with Crippen LogP contribution < -0.4 is 0 Å². The van der Waals surface area contributed by atoms with E-state index < -0.39 is 6.10 Å². The molecule has 4 heterocycles. The van der Waals surface area contributed by atoms with E-state index in [1.807, 2.05) is 45.7 Å². The second-order valence-electron chi connectivity index (χ2n) is 7.57. The molecule has 9 nitrogen and oxygen atoms in total. The Morgan fingerprint density at radius 2 is 2.00 bits per heavy atom. The van der Waals surface area contributed by atoms with E-state index in [0.717, 1.165) is 28.9 Å². The molecule has 0 fully saturated rings. The molecule has 0 amide bonds. The van der Waals surface area contributed by atoms with Gasteiger partial charge in [0.2, 0.25) is 0 Å². The highest BCUT2D eigenvalue weighted by atomic mass is 16.5. The summed E-state index contributed by atoms with van der Waals surface area (Å²) in [5.74, 6) is 7.67. The first-order chi connectivity index (χ1) is 16.2. The van der Waals surface area contributed by atoms with Gasteiger partial charge in [-0.3, -0.25) is 0 Å². The van der Waals surface area contributed by atoms with Crippen molar-refractivity contribution < 1.29 is 9.63 Å². The molecule has 33 heavy (non-hydrogen) atoms. The van der Waals surface area contributed by atoms with Crippen molar-refractivity contribution in [3.8, 4) is 23.2 Å². The van der Waals surface area contributed by atoms with Crippen LogP contribution in [0.15, 0.2) is 66.1 Å². The predicted octanol–water partition coefficient (Wildman–Crippen LogP) is 3.22. The third-order valence-corrected chi connectivity index (χ3v) is 5.19. The van der Waals surface area contributed by atoms with Crippen molar-refractivity contribution >= 4 is 11.2 Å². The largest absolute Gasteiger partial charge is 0.385 e. The van der Waals surface area contributed by atoms with Crippen LogP contribution in [-0.2, 0) is 13.1 Å². The molecule has 0 aliphatic carbocycles. The molecular formula is C24H21N7O2. The fourth-order valence-corrected chi connectivity index (χ4v) is 3.56. The number of aliphatic hydroxyl groups excluding tert-OH is 1. The molecule has 0 aliphatic rings. The Morgan fingerprint density at radius 1 is 1.12 bits per heavy atom. The number of hydrogen-bond donors (Lipinski definition) is 1. The highest BCUT2D eigenvalue weighted by Gasteiger charge is 2.12. The zero-order chi connectivity index (χ0) is 22.6. The van der Waals surface area contributed by atoms with Crippen LogP contribution in [-0.4, -0.2) is 39.3 Å². The average Bonchev–Trinajstić information content (AvgIpc) is 3.58. The Bertz CT molecular complexity index is 1430. The predicted molar refractivity (Wildman–Crippen MR) is 121 cm³/mol. The minimum absolute atomic E-state index is 0.478. The summed E-state index contributed by atoms with van der Waals surface area (Å²) in [7, 11) is 0. The molecule has 5 rings (SSSR count). The first-order valence-corrected chi connectivity index (χ1v) is 10.5. The van der Waals surface area contributed by atoms with Crippen LogP contribution in [0.2, 0.25) is 0 Å². The molecule has 4 aromatic heterocycles. The summed E-state index contributed by atoms with van der Waals surface area (Å²) < 4.78 is 9.37. The molecule has 1 N–H and O–H groups in total. The molecule has 0 saturated carbocycles. The molecule has 0 saturated heterocycles. The Hall–Kier alpha value is -4.29. The summed E-state index contributed by atoms with van der Waals surface area (Å²) in [4.78, 5) is 16.6. The van der Waals surface area contributed by atoms with E-state index in [9.17, 15) is 5.11 Å². The number of rotatable bonds is 6. The maximum Gasteiger partial charge on any atom is 0.180 e. The van der Waals surface area contributed by atoms with Gasteiger partial charge in [-0.1, -0.05) is 17.0 Å². The Kier molecular flexibility index (Phi) is 5.66. The van der Waals surface area contributed by atoms with Crippen LogP contribution in [0.5, 0.6) is 0 Å².